The minimum atomic E-state index is 0.372. The monoisotopic (exact) mass is 290 g/mol. The third kappa shape index (κ3) is 1.94. The van der Waals surface area contributed by atoms with Crippen molar-refractivity contribution in [3.05, 3.63) is 10.9 Å². The van der Waals surface area contributed by atoms with Crippen LogP contribution >= 0.6 is 11.3 Å². The Hall–Kier alpha value is -1.40. The maximum atomic E-state index is 5.92. The zero-order valence-corrected chi connectivity index (χ0v) is 12.5. The van der Waals surface area contributed by atoms with Gasteiger partial charge in [0.05, 0.1) is 17.6 Å². The van der Waals surface area contributed by atoms with Gasteiger partial charge in [-0.3, -0.25) is 0 Å². The lowest BCUT2D eigenvalue weighted by molar-refractivity contribution is 0.0303. The Kier molecular flexibility index (Phi) is 2.82. The predicted octanol–water partition coefficient (Wildman–Crippen LogP) is 2.41. The Bertz CT molecular complexity index is 644. The largest absolute Gasteiger partial charge is 0.371 e. The van der Waals surface area contributed by atoms with Crippen molar-refractivity contribution in [2.75, 3.05) is 30.4 Å². The van der Waals surface area contributed by atoms with E-state index in [4.69, 9.17) is 9.72 Å². The Labute approximate surface area is 122 Å². The van der Waals surface area contributed by atoms with Crippen LogP contribution < -0.4 is 10.2 Å². The van der Waals surface area contributed by atoms with E-state index in [0.717, 1.165) is 23.7 Å². The van der Waals surface area contributed by atoms with Gasteiger partial charge in [0, 0.05) is 25.0 Å². The second-order valence-electron chi connectivity index (χ2n) is 5.56. The molecule has 106 valence electrons. The van der Waals surface area contributed by atoms with E-state index in [1.165, 1.54) is 23.1 Å². The second-order valence-corrected chi connectivity index (χ2v) is 6.79. The van der Waals surface area contributed by atoms with Gasteiger partial charge >= 0.3 is 0 Å². The van der Waals surface area contributed by atoms with Gasteiger partial charge < -0.3 is 15.0 Å². The lowest BCUT2D eigenvalue weighted by Crippen LogP contribution is -2.43. The summed E-state index contributed by atoms with van der Waals surface area (Å²) in [6.07, 6.45) is 3.10. The molecule has 0 aromatic carbocycles. The summed E-state index contributed by atoms with van der Waals surface area (Å²) in [5.74, 6) is 1.76. The number of hydrogen-bond acceptors (Lipinski definition) is 6. The van der Waals surface area contributed by atoms with Gasteiger partial charge in [0.25, 0.3) is 0 Å². The SMILES string of the molecule is CNc1nc(N2CC3CCC(C2)O3)c2cc(C)sc2n1. The summed E-state index contributed by atoms with van der Waals surface area (Å²) >= 11 is 1.73. The third-order valence-corrected chi connectivity index (χ3v) is 5.01. The maximum Gasteiger partial charge on any atom is 0.225 e. The molecule has 2 aromatic rings. The summed E-state index contributed by atoms with van der Waals surface area (Å²) in [4.78, 5) is 14.0. The molecule has 4 rings (SSSR count). The minimum Gasteiger partial charge on any atom is -0.371 e. The van der Waals surface area contributed by atoms with Crippen LogP contribution in [0.2, 0.25) is 0 Å². The third-order valence-electron chi connectivity index (χ3n) is 4.06. The molecule has 20 heavy (non-hydrogen) atoms. The highest BCUT2D eigenvalue weighted by molar-refractivity contribution is 7.18. The minimum absolute atomic E-state index is 0.372. The number of hydrogen-bond donors (Lipinski definition) is 1. The Morgan fingerprint density at radius 2 is 2.05 bits per heavy atom. The molecule has 2 unspecified atom stereocenters. The van der Waals surface area contributed by atoms with Gasteiger partial charge in [-0.15, -0.1) is 11.3 Å². The number of nitrogens with one attached hydrogen (secondary N) is 1. The number of nitrogens with zero attached hydrogens (tertiary/aromatic N) is 3. The summed E-state index contributed by atoms with van der Waals surface area (Å²) in [6, 6.07) is 2.20. The van der Waals surface area contributed by atoms with E-state index < -0.39 is 0 Å². The van der Waals surface area contributed by atoms with Crippen molar-refractivity contribution in [2.45, 2.75) is 32.0 Å². The summed E-state index contributed by atoms with van der Waals surface area (Å²) < 4.78 is 5.92. The van der Waals surface area contributed by atoms with Crippen LogP contribution in [0.15, 0.2) is 6.07 Å². The van der Waals surface area contributed by atoms with Gasteiger partial charge in [-0.2, -0.15) is 4.98 Å². The molecule has 2 aliphatic heterocycles. The van der Waals surface area contributed by atoms with E-state index in [2.05, 4.69) is 28.2 Å². The number of rotatable bonds is 2. The van der Waals surface area contributed by atoms with Gasteiger partial charge in [0.2, 0.25) is 5.95 Å². The summed E-state index contributed by atoms with van der Waals surface area (Å²) in [7, 11) is 1.87. The lowest BCUT2D eigenvalue weighted by Gasteiger charge is -2.33. The molecule has 2 aromatic heterocycles. The molecule has 0 saturated carbocycles. The number of morpholine rings is 1. The summed E-state index contributed by atoms with van der Waals surface area (Å²) in [6.45, 7) is 4.01. The first kappa shape index (κ1) is 12.3. The van der Waals surface area contributed by atoms with Crippen LogP contribution in [0.5, 0.6) is 0 Å². The summed E-state index contributed by atoms with van der Waals surface area (Å²) in [5, 5.41) is 4.25. The number of anilines is 2. The molecule has 0 aliphatic carbocycles. The molecule has 1 N–H and O–H groups in total. The molecular formula is C14H18N4OS. The Morgan fingerprint density at radius 3 is 2.75 bits per heavy atom. The van der Waals surface area contributed by atoms with Crippen LogP contribution in [-0.4, -0.2) is 42.3 Å². The number of aryl methyl sites for hydroxylation is 1. The van der Waals surface area contributed by atoms with Crippen LogP contribution in [0.3, 0.4) is 0 Å². The highest BCUT2D eigenvalue weighted by Gasteiger charge is 2.35. The molecule has 6 heteroatoms. The molecule has 0 amide bonds. The van der Waals surface area contributed by atoms with E-state index >= 15 is 0 Å². The average molecular weight is 290 g/mol. The fraction of sp³-hybridized carbons (Fsp3) is 0.571. The first-order valence-electron chi connectivity index (χ1n) is 7.09. The van der Waals surface area contributed by atoms with E-state index in [1.807, 2.05) is 7.05 Å². The van der Waals surface area contributed by atoms with Gasteiger partial charge in [0.15, 0.2) is 0 Å². The fourth-order valence-electron chi connectivity index (χ4n) is 3.17. The standard InChI is InChI=1S/C14H18N4OS/c1-8-5-11-12(16-14(15-2)17-13(11)20-8)18-6-9-3-4-10(7-18)19-9/h5,9-10H,3-4,6-7H2,1-2H3,(H,15,16,17). The second kappa shape index (κ2) is 4.56. The Morgan fingerprint density at radius 1 is 1.30 bits per heavy atom. The van der Waals surface area contributed by atoms with Gasteiger partial charge in [0.1, 0.15) is 10.6 Å². The topological polar surface area (TPSA) is 50.3 Å². The zero-order valence-electron chi connectivity index (χ0n) is 11.7. The van der Waals surface area contributed by atoms with Crippen molar-refractivity contribution in [3.8, 4) is 0 Å². The first-order chi connectivity index (χ1) is 9.72. The molecule has 4 heterocycles. The van der Waals surface area contributed by atoms with Gasteiger partial charge in [-0.25, -0.2) is 4.98 Å². The fourth-order valence-corrected chi connectivity index (χ4v) is 4.04. The molecule has 0 spiro atoms. The lowest BCUT2D eigenvalue weighted by atomic mass is 10.2. The van der Waals surface area contributed by atoms with Crippen LogP contribution in [0, 0.1) is 6.92 Å². The molecule has 5 nitrogen and oxygen atoms in total. The van der Waals surface area contributed by atoms with Crippen molar-refractivity contribution in [2.24, 2.45) is 0 Å². The molecular weight excluding hydrogens is 272 g/mol. The number of fused-ring (bicyclic) bond motifs is 3. The van der Waals surface area contributed by atoms with E-state index in [-0.39, 0.29) is 0 Å². The number of aromatic nitrogens is 2. The van der Waals surface area contributed by atoms with Crippen LogP contribution in [0.1, 0.15) is 17.7 Å². The molecule has 2 atom stereocenters. The molecule has 2 bridgehead atoms. The van der Waals surface area contributed by atoms with E-state index in [1.54, 1.807) is 11.3 Å². The summed E-state index contributed by atoms with van der Waals surface area (Å²) in [5.41, 5.74) is 0. The van der Waals surface area contributed by atoms with E-state index in [0.29, 0.717) is 18.2 Å². The van der Waals surface area contributed by atoms with Crippen LogP contribution in [0.4, 0.5) is 11.8 Å². The highest BCUT2D eigenvalue weighted by Crippen LogP contribution is 2.35. The van der Waals surface area contributed by atoms with E-state index in [9.17, 15) is 0 Å². The van der Waals surface area contributed by atoms with Crippen molar-refractivity contribution in [1.29, 1.82) is 0 Å². The predicted molar refractivity (Wildman–Crippen MR) is 81.8 cm³/mol. The van der Waals surface area contributed by atoms with Crippen molar-refractivity contribution >= 4 is 33.3 Å². The van der Waals surface area contributed by atoms with Crippen LogP contribution in [0.25, 0.3) is 10.2 Å². The quantitative estimate of drug-likeness (QED) is 0.920. The Balaban J connectivity index is 1.81. The maximum absolute atomic E-state index is 5.92. The number of thiophene rings is 1. The smallest absolute Gasteiger partial charge is 0.225 e. The van der Waals surface area contributed by atoms with Crippen molar-refractivity contribution < 1.29 is 4.74 Å². The molecule has 2 fully saturated rings. The first-order valence-corrected chi connectivity index (χ1v) is 7.91. The highest BCUT2D eigenvalue weighted by atomic mass is 32.1. The van der Waals surface area contributed by atoms with Crippen LogP contribution in [-0.2, 0) is 4.74 Å². The zero-order chi connectivity index (χ0) is 13.7. The number of ether oxygens (including phenoxy) is 1. The molecule has 2 aliphatic rings. The van der Waals surface area contributed by atoms with Gasteiger partial charge in [-0.1, -0.05) is 0 Å². The molecule has 0 radical (unpaired) electrons. The van der Waals surface area contributed by atoms with Crippen molar-refractivity contribution in [3.63, 3.8) is 0 Å². The average Bonchev–Trinajstić information content (AvgIpc) is 2.98. The van der Waals surface area contributed by atoms with Crippen molar-refractivity contribution in [1.82, 2.24) is 9.97 Å². The molecule has 2 saturated heterocycles. The van der Waals surface area contributed by atoms with Gasteiger partial charge in [-0.05, 0) is 25.8 Å². The normalized spacial score (nSPS) is 25.4.